The maximum atomic E-state index is 12.0. The first-order chi connectivity index (χ1) is 9.54. The Morgan fingerprint density at radius 2 is 2.20 bits per heavy atom. The molecule has 0 atom stereocenters. The van der Waals surface area contributed by atoms with Gasteiger partial charge in [-0.2, -0.15) is 0 Å². The molecule has 1 aromatic carbocycles. The minimum Gasteiger partial charge on any atom is -0.397 e. The Hall–Kier alpha value is -1.37. The molecule has 1 heterocycles. The van der Waals surface area contributed by atoms with Gasteiger partial charge in [-0.15, -0.1) is 11.3 Å². The van der Waals surface area contributed by atoms with E-state index in [4.69, 9.17) is 5.73 Å². The van der Waals surface area contributed by atoms with E-state index in [1.54, 1.807) is 23.5 Å². The van der Waals surface area contributed by atoms with Gasteiger partial charge in [0.15, 0.2) is 0 Å². The van der Waals surface area contributed by atoms with Crippen LogP contribution in [0.2, 0.25) is 0 Å². The summed E-state index contributed by atoms with van der Waals surface area (Å²) in [4.78, 5) is 13.9. The van der Waals surface area contributed by atoms with Gasteiger partial charge in [0, 0.05) is 6.54 Å². The molecule has 0 aliphatic carbocycles. The predicted molar refractivity (Wildman–Crippen MR) is 87.8 cm³/mol. The summed E-state index contributed by atoms with van der Waals surface area (Å²) < 4.78 is 1.10. The molecule has 106 valence electrons. The lowest BCUT2D eigenvalue weighted by Gasteiger charge is -2.16. The Bertz CT molecular complexity index is 600. The molecular formula is C14H16BrN3OS. The minimum absolute atomic E-state index is 0.0697. The largest absolute Gasteiger partial charge is 0.397 e. The second kappa shape index (κ2) is 6.88. The van der Waals surface area contributed by atoms with Crippen LogP contribution in [0.15, 0.2) is 39.5 Å². The number of thiophene rings is 1. The molecule has 1 aromatic heterocycles. The van der Waals surface area contributed by atoms with Crippen LogP contribution >= 0.6 is 27.3 Å². The Kier molecular flexibility index (Phi) is 5.17. The van der Waals surface area contributed by atoms with Crippen molar-refractivity contribution >= 4 is 44.5 Å². The lowest BCUT2D eigenvalue weighted by Crippen LogP contribution is -2.29. The number of nitrogen functional groups attached to an aromatic ring is 1. The zero-order chi connectivity index (χ0) is 14.5. The van der Waals surface area contributed by atoms with Gasteiger partial charge in [-0.25, -0.2) is 0 Å². The fourth-order valence-corrected chi connectivity index (χ4v) is 3.04. The van der Waals surface area contributed by atoms with E-state index in [1.807, 2.05) is 24.1 Å². The number of rotatable bonds is 5. The average molecular weight is 354 g/mol. The fraction of sp³-hybridized carbons (Fsp3) is 0.214. The Labute approximate surface area is 130 Å². The van der Waals surface area contributed by atoms with Crippen LogP contribution in [-0.4, -0.2) is 24.4 Å². The molecule has 0 unspecified atom stereocenters. The Morgan fingerprint density at radius 1 is 1.45 bits per heavy atom. The number of nitrogens with two attached hydrogens (primary N) is 1. The molecule has 0 radical (unpaired) electrons. The van der Waals surface area contributed by atoms with Gasteiger partial charge in [0.1, 0.15) is 0 Å². The number of carbonyl (C=O) groups excluding carboxylic acids is 1. The third kappa shape index (κ3) is 4.33. The van der Waals surface area contributed by atoms with E-state index in [-0.39, 0.29) is 5.91 Å². The van der Waals surface area contributed by atoms with E-state index in [2.05, 4.69) is 32.7 Å². The maximum Gasteiger partial charge on any atom is 0.238 e. The van der Waals surface area contributed by atoms with Crippen molar-refractivity contribution in [1.29, 1.82) is 0 Å². The second-order valence-electron chi connectivity index (χ2n) is 4.57. The van der Waals surface area contributed by atoms with Crippen LogP contribution in [0.3, 0.4) is 0 Å². The van der Waals surface area contributed by atoms with E-state index >= 15 is 0 Å². The monoisotopic (exact) mass is 353 g/mol. The smallest absolute Gasteiger partial charge is 0.238 e. The van der Waals surface area contributed by atoms with Crippen molar-refractivity contribution in [3.05, 3.63) is 45.1 Å². The van der Waals surface area contributed by atoms with E-state index < -0.39 is 0 Å². The first-order valence-electron chi connectivity index (χ1n) is 6.10. The molecule has 6 heteroatoms. The molecule has 4 nitrogen and oxygen atoms in total. The highest BCUT2D eigenvalue weighted by Gasteiger charge is 2.09. The van der Waals surface area contributed by atoms with Gasteiger partial charge in [0.25, 0.3) is 0 Å². The number of benzene rings is 1. The number of likely N-dealkylation sites (N-methyl/N-ethyl adjacent to an activating group) is 1. The number of halogens is 1. The molecule has 20 heavy (non-hydrogen) atoms. The van der Waals surface area contributed by atoms with E-state index in [9.17, 15) is 4.79 Å². The molecule has 0 saturated carbocycles. The van der Waals surface area contributed by atoms with Crippen molar-refractivity contribution in [3.63, 3.8) is 0 Å². The highest BCUT2D eigenvalue weighted by Crippen LogP contribution is 2.21. The summed E-state index contributed by atoms with van der Waals surface area (Å²) in [5, 5.41) is 4.90. The zero-order valence-electron chi connectivity index (χ0n) is 11.1. The number of carbonyl (C=O) groups is 1. The predicted octanol–water partition coefficient (Wildman–Crippen LogP) is 3.16. The van der Waals surface area contributed by atoms with Crippen LogP contribution in [0.5, 0.6) is 0 Å². The third-order valence-electron chi connectivity index (χ3n) is 2.72. The van der Waals surface area contributed by atoms with Crippen LogP contribution < -0.4 is 11.1 Å². The molecule has 0 spiro atoms. The van der Waals surface area contributed by atoms with Gasteiger partial charge in [-0.3, -0.25) is 9.69 Å². The number of para-hydroxylation sites is 2. The molecule has 3 N–H and O–H groups in total. The standard InChI is InChI=1S/C14H16BrN3OS/c1-18(7-10-6-13(15)20-9-10)8-14(19)17-12-5-3-2-4-11(12)16/h2-6,9H,7-8,16H2,1H3,(H,17,19). The molecule has 0 fully saturated rings. The number of nitrogens with one attached hydrogen (secondary N) is 1. The van der Waals surface area contributed by atoms with Crippen molar-refractivity contribution in [1.82, 2.24) is 4.90 Å². The molecular weight excluding hydrogens is 338 g/mol. The minimum atomic E-state index is -0.0697. The summed E-state index contributed by atoms with van der Waals surface area (Å²) in [6.07, 6.45) is 0. The molecule has 0 aliphatic heterocycles. The summed E-state index contributed by atoms with van der Waals surface area (Å²) in [6.45, 7) is 1.06. The molecule has 1 amide bonds. The molecule has 0 bridgehead atoms. The van der Waals surface area contributed by atoms with Crippen molar-refractivity contribution in [2.24, 2.45) is 0 Å². The van der Waals surface area contributed by atoms with Crippen molar-refractivity contribution < 1.29 is 4.79 Å². The van der Waals surface area contributed by atoms with Gasteiger partial charge < -0.3 is 11.1 Å². The zero-order valence-corrected chi connectivity index (χ0v) is 13.5. The lowest BCUT2D eigenvalue weighted by atomic mass is 10.2. The van der Waals surface area contributed by atoms with Crippen LogP contribution in [0, 0.1) is 0 Å². The fourth-order valence-electron chi connectivity index (χ4n) is 1.84. The van der Waals surface area contributed by atoms with Crippen molar-refractivity contribution in [3.8, 4) is 0 Å². The lowest BCUT2D eigenvalue weighted by molar-refractivity contribution is -0.117. The maximum absolute atomic E-state index is 12.0. The molecule has 0 aliphatic rings. The topological polar surface area (TPSA) is 58.4 Å². The van der Waals surface area contributed by atoms with Gasteiger partial charge >= 0.3 is 0 Å². The Balaban J connectivity index is 1.86. The number of nitrogens with zero attached hydrogens (tertiary/aromatic N) is 1. The summed E-state index contributed by atoms with van der Waals surface area (Å²) >= 11 is 5.07. The van der Waals surface area contributed by atoms with Crippen LogP contribution in [0.4, 0.5) is 11.4 Å². The van der Waals surface area contributed by atoms with Crippen LogP contribution in [-0.2, 0) is 11.3 Å². The summed E-state index contributed by atoms with van der Waals surface area (Å²) in [5.41, 5.74) is 8.22. The van der Waals surface area contributed by atoms with Gasteiger partial charge in [0.05, 0.1) is 21.7 Å². The molecule has 2 aromatic rings. The van der Waals surface area contributed by atoms with Gasteiger partial charge in [0.2, 0.25) is 5.91 Å². The first kappa shape index (κ1) is 15.0. The highest BCUT2D eigenvalue weighted by molar-refractivity contribution is 9.11. The summed E-state index contributed by atoms with van der Waals surface area (Å²) in [6, 6.07) is 9.31. The molecule has 2 rings (SSSR count). The second-order valence-corrected chi connectivity index (χ2v) is 6.86. The third-order valence-corrected chi connectivity index (χ3v) is 4.28. The summed E-state index contributed by atoms with van der Waals surface area (Å²) in [7, 11) is 1.92. The van der Waals surface area contributed by atoms with Crippen LogP contribution in [0.1, 0.15) is 5.56 Å². The Morgan fingerprint density at radius 3 is 2.85 bits per heavy atom. The van der Waals surface area contributed by atoms with E-state index in [0.29, 0.717) is 17.9 Å². The normalized spacial score (nSPS) is 10.8. The number of hydrogen-bond acceptors (Lipinski definition) is 4. The SMILES string of the molecule is CN(CC(=O)Nc1ccccc1N)Cc1csc(Br)c1. The number of hydrogen-bond donors (Lipinski definition) is 2. The first-order valence-corrected chi connectivity index (χ1v) is 7.77. The number of amides is 1. The van der Waals surface area contributed by atoms with Crippen molar-refractivity contribution in [2.45, 2.75) is 6.54 Å². The van der Waals surface area contributed by atoms with E-state index in [1.165, 1.54) is 5.56 Å². The van der Waals surface area contributed by atoms with Crippen molar-refractivity contribution in [2.75, 3.05) is 24.6 Å². The molecule has 0 saturated heterocycles. The van der Waals surface area contributed by atoms with Gasteiger partial charge in [-0.05, 0) is 52.1 Å². The quantitative estimate of drug-likeness (QED) is 0.811. The summed E-state index contributed by atoms with van der Waals surface area (Å²) in [5.74, 6) is -0.0697. The average Bonchev–Trinajstić information content (AvgIpc) is 2.77. The van der Waals surface area contributed by atoms with Crippen LogP contribution in [0.25, 0.3) is 0 Å². The van der Waals surface area contributed by atoms with E-state index in [0.717, 1.165) is 10.3 Å². The highest BCUT2D eigenvalue weighted by atomic mass is 79.9. The number of anilines is 2. The van der Waals surface area contributed by atoms with Gasteiger partial charge in [-0.1, -0.05) is 12.1 Å².